The van der Waals surface area contributed by atoms with Crippen molar-refractivity contribution >= 4 is 85.0 Å². The lowest BCUT2D eigenvalue weighted by molar-refractivity contribution is 0.353. The molecule has 702 valence electrons. The highest BCUT2D eigenvalue weighted by atomic mass is 32.1. The number of hydrogen-bond donors (Lipinski definition) is 0. The maximum Gasteiger partial charge on any atom is 0.160 e. The number of para-hydroxylation sites is 2. The standard InChI is InChI=1S/C46H34N2O.2C46H34N2S/c2*1-4-14-30(15-5-1)41-29-42(48-45(47-41)31-16-6-2-7-17-31)38-22-13-21-37-36-20-12-19-33(43(36)49-44(37)38)32-24-25-35-34-18-8-9-23-39(34)46(40(35)28-32)26-10-3-11-27-46;1-4-13-30(14-5-1)41-29-42(48-45(47-41)31-15-6-2-7-16-31)33-22-24-43-38(27-33)37-19-12-18-34(44(37)49-43)32-21-23-36-35-17-8-9-20-39(35)46(40(36)28-32)25-10-3-11-26-46/h2*1-2,4-9,12-25,28-29H,3,10-11,26-27H2;1-2,4-9,12-24,27-29H,3,10-11,25-26H2. The van der Waals surface area contributed by atoms with Crippen molar-refractivity contribution in [3.8, 4) is 168 Å². The monoisotopic (exact) mass is 1920 g/mol. The van der Waals surface area contributed by atoms with Crippen molar-refractivity contribution in [3.05, 3.63) is 470 Å². The Morgan fingerprint density at radius 2 is 0.449 bits per heavy atom. The van der Waals surface area contributed by atoms with Crippen LogP contribution in [0.15, 0.2) is 441 Å². The van der Waals surface area contributed by atoms with E-state index in [0.717, 1.165) is 123 Å². The molecule has 0 amide bonds. The summed E-state index contributed by atoms with van der Waals surface area (Å²) in [5.41, 5.74) is 42.4. The molecule has 30 rings (SSSR count). The summed E-state index contributed by atoms with van der Waals surface area (Å²) in [4.78, 5) is 30.5. The van der Waals surface area contributed by atoms with Crippen LogP contribution in [0.2, 0.25) is 0 Å². The van der Waals surface area contributed by atoms with Gasteiger partial charge in [-0.15, -0.1) is 22.7 Å². The van der Waals surface area contributed by atoms with E-state index in [9.17, 15) is 0 Å². The van der Waals surface area contributed by atoms with Gasteiger partial charge in [-0.1, -0.05) is 440 Å². The molecule has 9 heteroatoms. The van der Waals surface area contributed by atoms with E-state index in [-0.39, 0.29) is 16.2 Å². The average Bonchev–Trinajstić information content (AvgIpc) is 1.56. The molecule has 6 aromatic heterocycles. The van der Waals surface area contributed by atoms with E-state index in [1.807, 2.05) is 83.3 Å². The van der Waals surface area contributed by atoms with Crippen LogP contribution in [0, 0.1) is 0 Å². The van der Waals surface area contributed by atoms with Crippen LogP contribution in [0.3, 0.4) is 0 Å². The first-order chi connectivity index (χ1) is 72.8. The Hall–Kier alpha value is -16.6. The van der Waals surface area contributed by atoms with Gasteiger partial charge in [0.15, 0.2) is 17.5 Å². The van der Waals surface area contributed by atoms with Crippen molar-refractivity contribution in [2.45, 2.75) is 113 Å². The number of rotatable bonds is 12. The molecule has 18 aromatic carbocycles. The molecule has 0 N–H and O–H groups in total. The van der Waals surface area contributed by atoms with E-state index >= 15 is 0 Å². The molecule has 6 aliphatic carbocycles. The van der Waals surface area contributed by atoms with Gasteiger partial charge in [-0.25, -0.2) is 29.9 Å². The molecule has 6 heterocycles. The number of aromatic nitrogens is 6. The van der Waals surface area contributed by atoms with Crippen LogP contribution >= 0.6 is 22.7 Å². The molecular formula is C138H102N6OS2. The maximum atomic E-state index is 6.97. The van der Waals surface area contributed by atoms with Crippen LogP contribution in [-0.4, -0.2) is 29.9 Å². The molecule has 6 aliphatic rings. The van der Waals surface area contributed by atoms with Gasteiger partial charge in [0.25, 0.3) is 0 Å². The van der Waals surface area contributed by atoms with E-state index in [0.29, 0.717) is 5.82 Å². The van der Waals surface area contributed by atoms with E-state index in [1.54, 1.807) is 16.7 Å². The van der Waals surface area contributed by atoms with Crippen LogP contribution in [-0.2, 0) is 16.2 Å². The van der Waals surface area contributed by atoms with Gasteiger partial charge in [0.2, 0.25) is 0 Å². The highest BCUT2D eigenvalue weighted by molar-refractivity contribution is 7.27. The van der Waals surface area contributed by atoms with Gasteiger partial charge in [0, 0.05) is 123 Å². The average molecular weight is 1920 g/mol. The number of nitrogens with zero attached hydrogens (tertiary/aromatic N) is 6. The summed E-state index contributed by atoms with van der Waals surface area (Å²) < 4.78 is 12.2. The zero-order valence-corrected chi connectivity index (χ0v) is 83.2. The Morgan fingerprint density at radius 3 is 0.857 bits per heavy atom. The molecular weight excluding hydrogens is 1820 g/mol. The quantitative estimate of drug-likeness (QED) is 0.120. The highest BCUT2D eigenvalue weighted by Gasteiger charge is 2.47. The van der Waals surface area contributed by atoms with Crippen molar-refractivity contribution in [2.24, 2.45) is 0 Å². The Labute approximate surface area is 863 Å². The fraction of sp³-hybridized carbons (Fsp3) is 0.130. The van der Waals surface area contributed by atoms with Crippen molar-refractivity contribution in [3.63, 3.8) is 0 Å². The largest absolute Gasteiger partial charge is 0.455 e. The second-order valence-corrected chi connectivity index (χ2v) is 42.9. The van der Waals surface area contributed by atoms with E-state index in [4.69, 9.17) is 34.3 Å². The van der Waals surface area contributed by atoms with Gasteiger partial charge in [0.1, 0.15) is 11.2 Å². The topological polar surface area (TPSA) is 90.5 Å². The summed E-state index contributed by atoms with van der Waals surface area (Å²) in [6, 6.07) is 158. The van der Waals surface area contributed by atoms with Gasteiger partial charge in [0.05, 0.1) is 34.2 Å². The fourth-order valence-corrected chi connectivity index (χ4v) is 28.4. The lowest BCUT2D eigenvalue weighted by Gasteiger charge is -2.36. The van der Waals surface area contributed by atoms with Crippen molar-refractivity contribution in [1.29, 1.82) is 0 Å². The highest BCUT2D eigenvalue weighted by Crippen LogP contribution is 2.62. The third kappa shape index (κ3) is 15.2. The minimum atomic E-state index is 0.106. The molecule has 3 fully saturated rings. The number of fused-ring (bicyclic) bond motifs is 24. The maximum absolute atomic E-state index is 6.97. The van der Waals surface area contributed by atoms with Gasteiger partial charge in [-0.05, 0) is 188 Å². The van der Waals surface area contributed by atoms with Crippen LogP contribution < -0.4 is 0 Å². The molecule has 3 spiro atoms. The van der Waals surface area contributed by atoms with Crippen molar-refractivity contribution in [2.75, 3.05) is 0 Å². The summed E-state index contributed by atoms with van der Waals surface area (Å²) in [5, 5.41) is 7.36. The zero-order valence-electron chi connectivity index (χ0n) is 81.6. The summed E-state index contributed by atoms with van der Waals surface area (Å²) >= 11 is 3.80. The van der Waals surface area contributed by atoms with Gasteiger partial charge in [-0.2, -0.15) is 0 Å². The molecule has 0 atom stereocenters. The van der Waals surface area contributed by atoms with Crippen LogP contribution in [0.4, 0.5) is 0 Å². The Kier molecular flexibility index (Phi) is 22.0. The number of benzene rings is 18. The second kappa shape index (κ2) is 36.6. The number of hydrogen-bond acceptors (Lipinski definition) is 9. The van der Waals surface area contributed by atoms with E-state index in [2.05, 4.69) is 376 Å². The van der Waals surface area contributed by atoms with Crippen molar-refractivity contribution in [1.82, 2.24) is 29.9 Å². The first-order valence-corrected chi connectivity index (χ1v) is 54.0. The molecule has 3 saturated carbocycles. The Balaban J connectivity index is 0.000000107. The summed E-state index contributed by atoms with van der Waals surface area (Å²) in [5.74, 6) is 2.18. The molecule has 0 saturated heterocycles. The number of thiophene rings is 2. The lowest BCUT2D eigenvalue weighted by Crippen LogP contribution is -2.28. The normalized spacial score (nSPS) is 14.7. The summed E-state index contributed by atoms with van der Waals surface area (Å²) in [7, 11) is 0. The third-order valence-electron chi connectivity index (χ3n) is 32.7. The molecule has 147 heavy (non-hydrogen) atoms. The van der Waals surface area contributed by atoms with Gasteiger partial charge < -0.3 is 4.42 Å². The minimum absolute atomic E-state index is 0.106. The lowest BCUT2D eigenvalue weighted by atomic mass is 9.67. The smallest absolute Gasteiger partial charge is 0.160 e. The SMILES string of the molecule is c1ccc(-c2cc(-c3ccc4sc5c(-c6ccc7c(c6)C6(CCCCC6)c6ccccc6-7)cccc5c4c3)nc(-c3ccccc3)n2)cc1.c1ccc(-c2cc(-c3cccc4c3oc3c(-c5ccc6c(c5)C5(CCCCC5)c5ccccc5-6)cccc34)nc(-c3ccccc3)n2)cc1.c1ccc(-c2cc(-c3cccc4c3sc3c(-c5ccc6c(c5)C5(CCCCC5)c5ccccc5-6)cccc34)nc(-c3ccccc3)n2)cc1. The predicted molar refractivity (Wildman–Crippen MR) is 612 cm³/mol. The van der Waals surface area contributed by atoms with Crippen LogP contribution in [0.1, 0.15) is 130 Å². The molecule has 24 aromatic rings. The van der Waals surface area contributed by atoms with Gasteiger partial charge >= 0.3 is 0 Å². The van der Waals surface area contributed by atoms with Gasteiger partial charge in [-0.3, -0.25) is 0 Å². The predicted octanol–water partition coefficient (Wildman–Crippen LogP) is 37.8. The third-order valence-corrected chi connectivity index (χ3v) is 35.2. The minimum Gasteiger partial charge on any atom is -0.455 e. The number of furan rings is 1. The zero-order chi connectivity index (χ0) is 97.1. The summed E-state index contributed by atoms with van der Waals surface area (Å²) in [6.07, 6.45) is 19.2. The molecule has 0 bridgehead atoms. The molecule has 7 nitrogen and oxygen atoms in total. The first-order valence-electron chi connectivity index (χ1n) is 52.4. The molecule has 0 unspecified atom stereocenters. The Morgan fingerprint density at radius 1 is 0.170 bits per heavy atom. The summed E-state index contributed by atoms with van der Waals surface area (Å²) in [6.45, 7) is 0. The van der Waals surface area contributed by atoms with Crippen LogP contribution in [0.5, 0.6) is 0 Å². The fourth-order valence-electron chi connectivity index (χ4n) is 25.8. The first kappa shape index (κ1) is 88.2. The molecule has 0 aliphatic heterocycles. The van der Waals surface area contributed by atoms with E-state index in [1.165, 1.54) is 215 Å². The van der Waals surface area contributed by atoms with Crippen LogP contribution in [0.25, 0.3) is 231 Å². The Bertz CT molecular complexity index is 8730. The van der Waals surface area contributed by atoms with Crippen molar-refractivity contribution < 1.29 is 4.42 Å². The second-order valence-electron chi connectivity index (χ2n) is 40.9. The van der Waals surface area contributed by atoms with E-state index < -0.39 is 0 Å². The molecule has 0 radical (unpaired) electrons.